The maximum atomic E-state index is 12.9. The van der Waals surface area contributed by atoms with Gasteiger partial charge < -0.3 is 4.74 Å². The number of hydrogen-bond acceptors (Lipinski definition) is 3. The van der Waals surface area contributed by atoms with E-state index in [1.54, 1.807) is 6.92 Å². The van der Waals surface area contributed by atoms with Gasteiger partial charge in [-0.25, -0.2) is 4.39 Å². The van der Waals surface area contributed by atoms with Gasteiger partial charge in [0.1, 0.15) is 17.9 Å². The van der Waals surface area contributed by atoms with E-state index in [9.17, 15) is 14.0 Å². The average Bonchev–Trinajstić information content (AvgIpc) is 2.16. The monoisotopic (exact) mass is 210 g/mol. The van der Waals surface area contributed by atoms with Crippen molar-refractivity contribution in [2.24, 2.45) is 0 Å². The number of rotatable bonds is 4. The number of hydrogen-bond donors (Lipinski definition) is 0. The molecule has 4 heteroatoms. The third-order valence-electron chi connectivity index (χ3n) is 1.92. The Balaban J connectivity index is 2.90. The van der Waals surface area contributed by atoms with Crippen molar-refractivity contribution in [3.05, 3.63) is 29.6 Å². The molecule has 0 saturated heterocycles. The molecular formula is C11H11FO3. The fourth-order valence-corrected chi connectivity index (χ4v) is 1.01. The van der Waals surface area contributed by atoms with Gasteiger partial charge in [-0.15, -0.1) is 0 Å². The number of carbonyl (C=O) groups is 2. The van der Waals surface area contributed by atoms with Crippen LogP contribution in [-0.2, 0) is 4.79 Å². The summed E-state index contributed by atoms with van der Waals surface area (Å²) in [6.45, 7) is 2.94. The van der Waals surface area contributed by atoms with Crippen molar-refractivity contribution in [2.45, 2.75) is 20.0 Å². The predicted molar refractivity (Wildman–Crippen MR) is 52.6 cm³/mol. The summed E-state index contributed by atoms with van der Waals surface area (Å²) in [6.07, 6.45) is -0.125. The summed E-state index contributed by atoms with van der Waals surface area (Å²) in [5.74, 6) is -0.544. The number of halogens is 1. The first kappa shape index (κ1) is 11.4. The molecule has 15 heavy (non-hydrogen) atoms. The Morgan fingerprint density at radius 1 is 1.47 bits per heavy atom. The van der Waals surface area contributed by atoms with E-state index in [1.165, 1.54) is 13.0 Å². The predicted octanol–water partition coefficient (Wildman–Crippen LogP) is 1.99. The number of ketones is 1. The van der Waals surface area contributed by atoms with Gasteiger partial charge in [0.05, 0.1) is 0 Å². The highest BCUT2D eigenvalue weighted by Crippen LogP contribution is 2.16. The van der Waals surface area contributed by atoms with Gasteiger partial charge in [-0.2, -0.15) is 0 Å². The fraction of sp³-hybridized carbons (Fsp3) is 0.273. The van der Waals surface area contributed by atoms with Crippen LogP contribution < -0.4 is 4.74 Å². The molecule has 1 atom stereocenters. The summed E-state index contributed by atoms with van der Waals surface area (Å²) < 4.78 is 18.1. The number of aldehydes is 1. The molecule has 1 aromatic carbocycles. The van der Waals surface area contributed by atoms with Crippen molar-refractivity contribution in [1.82, 2.24) is 0 Å². The van der Waals surface area contributed by atoms with Crippen LogP contribution in [0.15, 0.2) is 18.2 Å². The molecule has 0 heterocycles. The molecule has 0 aliphatic heterocycles. The molecule has 0 amide bonds. The van der Waals surface area contributed by atoms with Crippen molar-refractivity contribution in [2.75, 3.05) is 0 Å². The third kappa shape index (κ3) is 3.16. The van der Waals surface area contributed by atoms with Gasteiger partial charge in [-0.3, -0.25) is 9.59 Å². The van der Waals surface area contributed by atoms with Gasteiger partial charge in [0.15, 0.2) is 11.9 Å². The normalized spacial score (nSPS) is 11.9. The maximum Gasteiger partial charge on any atom is 0.169 e. The average molecular weight is 210 g/mol. The highest BCUT2D eigenvalue weighted by atomic mass is 19.1. The number of ether oxygens (including phenoxy) is 1. The minimum Gasteiger partial charge on any atom is -0.483 e. The Labute approximate surface area is 86.9 Å². The number of benzene rings is 1. The molecule has 0 spiro atoms. The lowest BCUT2D eigenvalue weighted by Gasteiger charge is -2.11. The Morgan fingerprint density at radius 2 is 2.13 bits per heavy atom. The van der Waals surface area contributed by atoms with Crippen LogP contribution in [0.1, 0.15) is 24.2 Å². The Hall–Kier alpha value is -1.71. The largest absolute Gasteiger partial charge is 0.483 e. The van der Waals surface area contributed by atoms with Gasteiger partial charge in [0.2, 0.25) is 0 Å². The van der Waals surface area contributed by atoms with E-state index in [4.69, 9.17) is 4.74 Å². The minimum atomic E-state index is -0.647. The summed E-state index contributed by atoms with van der Waals surface area (Å²) in [7, 11) is 0. The smallest absolute Gasteiger partial charge is 0.169 e. The van der Waals surface area contributed by atoms with Crippen LogP contribution in [0.25, 0.3) is 0 Å². The molecule has 0 aliphatic rings. The zero-order chi connectivity index (χ0) is 11.4. The zero-order valence-electron chi connectivity index (χ0n) is 8.49. The Morgan fingerprint density at radius 3 is 2.67 bits per heavy atom. The molecule has 1 rings (SSSR count). The van der Waals surface area contributed by atoms with Gasteiger partial charge in [-0.05, 0) is 26.0 Å². The second kappa shape index (κ2) is 4.68. The van der Waals surface area contributed by atoms with E-state index in [0.717, 1.165) is 12.1 Å². The summed E-state index contributed by atoms with van der Waals surface area (Å²) in [4.78, 5) is 21.3. The fourth-order valence-electron chi connectivity index (χ4n) is 1.01. The molecule has 0 saturated carbocycles. The molecule has 0 fully saturated rings. The van der Waals surface area contributed by atoms with Gasteiger partial charge >= 0.3 is 0 Å². The second-order valence-corrected chi connectivity index (χ2v) is 3.21. The van der Waals surface area contributed by atoms with E-state index in [0.29, 0.717) is 6.29 Å². The quantitative estimate of drug-likeness (QED) is 0.714. The van der Waals surface area contributed by atoms with E-state index >= 15 is 0 Å². The van der Waals surface area contributed by atoms with Crippen molar-refractivity contribution in [3.63, 3.8) is 0 Å². The third-order valence-corrected chi connectivity index (χ3v) is 1.92. The van der Waals surface area contributed by atoms with Crippen molar-refractivity contribution in [1.29, 1.82) is 0 Å². The van der Waals surface area contributed by atoms with E-state index in [-0.39, 0.29) is 17.1 Å². The van der Waals surface area contributed by atoms with Crippen LogP contribution >= 0.6 is 0 Å². The summed E-state index contributed by atoms with van der Waals surface area (Å²) in [6, 6.07) is 3.61. The summed E-state index contributed by atoms with van der Waals surface area (Å²) >= 11 is 0. The van der Waals surface area contributed by atoms with Crippen LogP contribution in [0, 0.1) is 5.82 Å². The van der Waals surface area contributed by atoms with Gasteiger partial charge in [-0.1, -0.05) is 0 Å². The summed E-state index contributed by atoms with van der Waals surface area (Å²) in [5.41, 5.74) is 0.181. The van der Waals surface area contributed by atoms with E-state index in [2.05, 4.69) is 0 Å². The van der Waals surface area contributed by atoms with Crippen LogP contribution in [0.3, 0.4) is 0 Å². The molecule has 1 unspecified atom stereocenters. The van der Waals surface area contributed by atoms with Crippen molar-refractivity contribution >= 4 is 12.1 Å². The molecular weight excluding hydrogens is 199 g/mol. The zero-order valence-corrected chi connectivity index (χ0v) is 8.49. The topological polar surface area (TPSA) is 43.4 Å². The molecule has 80 valence electrons. The highest BCUT2D eigenvalue weighted by molar-refractivity contribution is 5.80. The van der Waals surface area contributed by atoms with Gasteiger partial charge in [0, 0.05) is 11.6 Å². The first-order valence-corrected chi connectivity index (χ1v) is 4.46. The molecule has 0 N–H and O–H groups in total. The van der Waals surface area contributed by atoms with Gasteiger partial charge in [0.25, 0.3) is 0 Å². The highest BCUT2D eigenvalue weighted by Gasteiger charge is 2.10. The Bertz CT molecular complexity index is 387. The van der Waals surface area contributed by atoms with Crippen LogP contribution in [0.4, 0.5) is 4.39 Å². The number of Topliss-reactive ketones (excluding diaryl/α,β-unsaturated/α-hetero) is 1. The van der Waals surface area contributed by atoms with Crippen molar-refractivity contribution in [3.8, 4) is 5.75 Å². The van der Waals surface area contributed by atoms with E-state index in [1.807, 2.05) is 0 Å². The molecule has 0 aromatic heterocycles. The van der Waals surface area contributed by atoms with Crippen LogP contribution in [0.2, 0.25) is 0 Å². The standard InChI is InChI=1S/C11H11FO3/c1-7(14)8(2)15-11-4-9(6-13)3-10(12)5-11/h3-6,8H,1-2H3. The second-order valence-electron chi connectivity index (χ2n) is 3.21. The molecule has 0 aliphatic carbocycles. The number of carbonyl (C=O) groups excluding carboxylic acids is 2. The SMILES string of the molecule is CC(=O)C(C)Oc1cc(F)cc(C=O)c1. The lowest BCUT2D eigenvalue weighted by molar-refractivity contribution is -0.122. The maximum absolute atomic E-state index is 12.9. The lowest BCUT2D eigenvalue weighted by Crippen LogP contribution is -2.20. The first-order valence-electron chi connectivity index (χ1n) is 4.46. The minimum absolute atomic E-state index is 0.160. The molecule has 3 nitrogen and oxygen atoms in total. The lowest BCUT2D eigenvalue weighted by atomic mass is 10.2. The van der Waals surface area contributed by atoms with E-state index < -0.39 is 11.9 Å². The molecule has 1 aromatic rings. The Kier molecular flexibility index (Phi) is 3.55. The first-order chi connectivity index (χ1) is 7.02. The molecule has 0 radical (unpaired) electrons. The summed E-state index contributed by atoms with van der Waals surface area (Å²) in [5, 5.41) is 0. The van der Waals surface area contributed by atoms with Crippen LogP contribution in [0.5, 0.6) is 5.75 Å². The van der Waals surface area contributed by atoms with Crippen molar-refractivity contribution < 1.29 is 18.7 Å². The van der Waals surface area contributed by atoms with Crippen LogP contribution in [-0.4, -0.2) is 18.2 Å². The molecule has 0 bridgehead atoms.